The summed E-state index contributed by atoms with van der Waals surface area (Å²) in [6, 6.07) is 4.71. The number of amides is 1. The molecule has 0 spiro atoms. The molecule has 2 aromatic rings. The lowest BCUT2D eigenvalue weighted by Gasteiger charge is -2.16. The van der Waals surface area contributed by atoms with Crippen LogP contribution in [0.3, 0.4) is 0 Å². The fraction of sp³-hybridized carbons (Fsp3) is 0.235. The molecule has 0 bridgehead atoms. The fourth-order valence-electron chi connectivity index (χ4n) is 2.86. The van der Waals surface area contributed by atoms with Gasteiger partial charge in [0.2, 0.25) is 0 Å². The van der Waals surface area contributed by atoms with Crippen molar-refractivity contribution >= 4 is 21.6 Å². The average molecular weight is 436 g/mol. The van der Waals surface area contributed by atoms with Crippen molar-refractivity contribution < 1.29 is 39.9 Å². The Hall–Kier alpha value is -2.89. The van der Waals surface area contributed by atoms with Crippen LogP contribution in [0.15, 0.2) is 35.2 Å². The SMILES string of the molecule is COc1cc(F)cc(F)c1NS(=O)(=O)c1ccc2c(c1)CN(C(=O)C(F)(F)F)C2. The Bertz CT molecular complexity index is 1090. The number of sulfonamides is 1. The van der Waals surface area contributed by atoms with Crippen molar-refractivity contribution in [3.63, 3.8) is 0 Å². The Balaban J connectivity index is 1.89. The highest BCUT2D eigenvalue weighted by atomic mass is 32.2. The molecule has 1 heterocycles. The lowest BCUT2D eigenvalue weighted by molar-refractivity contribution is -0.186. The van der Waals surface area contributed by atoms with Crippen LogP contribution in [0.25, 0.3) is 0 Å². The Labute approximate surface area is 161 Å². The first kappa shape index (κ1) is 20.8. The summed E-state index contributed by atoms with van der Waals surface area (Å²) in [6.07, 6.45) is -5.05. The van der Waals surface area contributed by atoms with Crippen LogP contribution in [0.2, 0.25) is 0 Å². The highest BCUT2D eigenvalue weighted by molar-refractivity contribution is 7.92. The van der Waals surface area contributed by atoms with Gasteiger partial charge in [0.1, 0.15) is 17.3 Å². The molecular formula is C17H13F5N2O4S. The summed E-state index contributed by atoms with van der Waals surface area (Å²) in [5.41, 5.74) is -0.0626. The summed E-state index contributed by atoms with van der Waals surface area (Å²) in [7, 11) is -3.30. The van der Waals surface area contributed by atoms with E-state index >= 15 is 0 Å². The molecule has 0 saturated heterocycles. The maximum atomic E-state index is 14.0. The van der Waals surface area contributed by atoms with E-state index in [9.17, 15) is 35.2 Å². The molecule has 0 fully saturated rings. The molecule has 0 aromatic heterocycles. The van der Waals surface area contributed by atoms with Crippen molar-refractivity contribution in [1.82, 2.24) is 4.90 Å². The number of ether oxygens (including phenoxy) is 1. The van der Waals surface area contributed by atoms with Crippen molar-refractivity contribution in [3.8, 4) is 5.75 Å². The fourth-order valence-corrected chi connectivity index (χ4v) is 3.99. The molecular weight excluding hydrogens is 423 g/mol. The van der Waals surface area contributed by atoms with Crippen LogP contribution >= 0.6 is 0 Å². The van der Waals surface area contributed by atoms with E-state index in [-0.39, 0.29) is 17.0 Å². The lowest BCUT2D eigenvalue weighted by atomic mass is 10.1. The molecule has 0 unspecified atom stereocenters. The zero-order chi connectivity index (χ0) is 21.6. The number of carbonyl (C=O) groups excluding carboxylic acids is 1. The second-order valence-corrected chi connectivity index (χ2v) is 7.84. The molecule has 0 atom stereocenters. The summed E-state index contributed by atoms with van der Waals surface area (Å²) in [6.45, 7) is -0.743. The number of nitrogens with zero attached hydrogens (tertiary/aromatic N) is 1. The van der Waals surface area contributed by atoms with Crippen molar-refractivity contribution in [2.45, 2.75) is 24.2 Å². The minimum absolute atomic E-state index is 0.206. The molecule has 3 rings (SSSR count). The molecule has 1 amide bonds. The van der Waals surface area contributed by atoms with Crippen LogP contribution in [-0.4, -0.2) is 32.5 Å². The Morgan fingerprint density at radius 3 is 2.38 bits per heavy atom. The average Bonchev–Trinajstić information content (AvgIpc) is 3.05. The molecule has 1 aliphatic heterocycles. The Morgan fingerprint density at radius 2 is 1.76 bits per heavy atom. The van der Waals surface area contributed by atoms with Crippen LogP contribution in [-0.2, 0) is 27.9 Å². The van der Waals surface area contributed by atoms with Crippen molar-refractivity contribution in [2.24, 2.45) is 0 Å². The molecule has 156 valence electrons. The minimum Gasteiger partial charge on any atom is -0.494 e. The van der Waals surface area contributed by atoms with E-state index in [0.717, 1.165) is 25.3 Å². The molecule has 12 heteroatoms. The zero-order valence-electron chi connectivity index (χ0n) is 14.7. The number of carbonyl (C=O) groups is 1. The van der Waals surface area contributed by atoms with Crippen LogP contribution < -0.4 is 9.46 Å². The van der Waals surface area contributed by atoms with Crippen LogP contribution in [0, 0.1) is 11.6 Å². The number of rotatable bonds is 4. The van der Waals surface area contributed by atoms with Crippen LogP contribution in [0.5, 0.6) is 5.75 Å². The third-order valence-corrected chi connectivity index (χ3v) is 5.56. The predicted molar refractivity (Wildman–Crippen MR) is 90.5 cm³/mol. The molecule has 2 aromatic carbocycles. The van der Waals surface area contributed by atoms with Crippen molar-refractivity contribution in [2.75, 3.05) is 11.8 Å². The number of fused-ring (bicyclic) bond motifs is 1. The van der Waals surface area contributed by atoms with Gasteiger partial charge in [-0.2, -0.15) is 13.2 Å². The topological polar surface area (TPSA) is 75.7 Å². The van der Waals surface area contributed by atoms with E-state index in [1.54, 1.807) is 0 Å². The highest BCUT2D eigenvalue weighted by Gasteiger charge is 2.44. The highest BCUT2D eigenvalue weighted by Crippen LogP contribution is 2.33. The molecule has 0 radical (unpaired) electrons. The van der Waals surface area contributed by atoms with E-state index in [4.69, 9.17) is 4.74 Å². The third kappa shape index (κ3) is 4.11. The van der Waals surface area contributed by atoms with E-state index in [2.05, 4.69) is 0 Å². The first-order chi connectivity index (χ1) is 13.4. The Kier molecular flexibility index (Phi) is 5.15. The van der Waals surface area contributed by atoms with Gasteiger partial charge < -0.3 is 9.64 Å². The van der Waals surface area contributed by atoms with Crippen molar-refractivity contribution in [3.05, 3.63) is 53.1 Å². The largest absolute Gasteiger partial charge is 0.494 e. The number of alkyl halides is 3. The second kappa shape index (κ2) is 7.17. The first-order valence-corrected chi connectivity index (χ1v) is 9.44. The molecule has 0 aliphatic carbocycles. The zero-order valence-corrected chi connectivity index (χ0v) is 15.5. The second-order valence-electron chi connectivity index (χ2n) is 6.16. The maximum Gasteiger partial charge on any atom is 0.471 e. The van der Waals surface area contributed by atoms with Gasteiger partial charge in [-0.05, 0) is 23.3 Å². The van der Waals surface area contributed by atoms with Crippen LogP contribution in [0.4, 0.5) is 27.6 Å². The number of benzene rings is 2. The minimum atomic E-state index is -5.05. The van der Waals surface area contributed by atoms with Gasteiger partial charge in [-0.15, -0.1) is 0 Å². The predicted octanol–water partition coefficient (Wildman–Crippen LogP) is 3.18. The molecule has 0 saturated carbocycles. The van der Waals surface area contributed by atoms with Gasteiger partial charge >= 0.3 is 12.1 Å². The summed E-state index contributed by atoms with van der Waals surface area (Å²) in [5, 5.41) is 0. The lowest BCUT2D eigenvalue weighted by Crippen LogP contribution is -2.37. The normalized spacial score (nSPS) is 13.9. The summed E-state index contributed by atoms with van der Waals surface area (Å²) in [4.78, 5) is 11.5. The summed E-state index contributed by atoms with van der Waals surface area (Å²) < 4.78 is 97.0. The number of hydrogen-bond acceptors (Lipinski definition) is 4. The molecule has 1 N–H and O–H groups in total. The Morgan fingerprint density at radius 1 is 1.10 bits per heavy atom. The van der Waals surface area contributed by atoms with Gasteiger partial charge in [-0.1, -0.05) is 6.07 Å². The van der Waals surface area contributed by atoms with Gasteiger partial charge in [0.25, 0.3) is 10.0 Å². The smallest absolute Gasteiger partial charge is 0.471 e. The quantitative estimate of drug-likeness (QED) is 0.748. The number of anilines is 1. The summed E-state index contributed by atoms with van der Waals surface area (Å²) >= 11 is 0. The van der Waals surface area contributed by atoms with Gasteiger partial charge in [0, 0.05) is 25.2 Å². The van der Waals surface area contributed by atoms with Gasteiger partial charge in [0.05, 0.1) is 12.0 Å². The van der Waals surface area contributed by atoms with E-state index < -0.39 is 51.7 Å². The maximum absolute atomic E-state index is 14.0. The summed E-state index contributed by atoms with van der Waals surface area (Å²) in [5.74, 6) is -4.62. The number of methoxy groups -OCH3 is 1. The van der Waals surface area contributed by atoms with Crippen molar-refractivity contribution in [1.29, 1.82) is 0 Å². The number of halogens is 5. The van der Waals surface area contributed by atoms with E-state index in [0.29, 0.717) is 16.5 Å². The van der Waals surface area contributed by atoms with E-state index in [1.807, 2.05) is 4.72 Å². The molecule has 29 heavy (non-hydrogen) atoms. The number of nitrogens with one attached hydrogen (secondary N) is 1. The van der Waals surface area contributed by atoms with E-state index in [1.165, 1.54) is 6.07 Å². The van der Waals surface area contributed by atoms with Crippen LogP contribution in [0.1, 0.15) is 11.1 Å². The van der Waals surface area contributed by atoms with Gasteiger partial charge in [-0.25, -0.2) is 17.2 Å². The monoisotopic (exact) mass is 436 g/mol. The number of hydrogen-bond donors (Lipinski definition) is 1. The standard InChI is InChI=1S/C17H13F5N2O4S/c1-28-14-6-11(18)5-13(19)15(14)23-29(26,27)12-3-2-9-7-24(8-10(9)4-12)16(25)17(20,21)22/h2-6,23H,7-8H2,1H3. The van der Waals surface area contributed by atoms with Gasteiger partial charge in [-0.3, -0.25) is 9.52 Å². The molecule has 6 nitrogen and oxygen atoms in total. The third-order valence-electron chi connectivity index (χ3n) is 4.22. The first-order valence-electron chi connectivity index (χ1n) is 7.96. The van der Waals surface area contributed by atoms with Gasteiger partial charge in [0.15, 0.2) is 5.82 Å². The molecule has 1 aliphatic rings.